The van der Waals surface area contributed by atoms with Crippen molar-refractivity contribution in [1.29, 1.82) is 0 Å². The van der Waals surface area contributed by atoms with Gasteiger partial charge in [-0.3, -0.25) is 5.32 Å². The quantitative estimate of drug-likeness (QED) is 0.739. The molecule has 0 radical (unpaired) electrons. The van der Waals surface area contributed by atoms with E-state index in [0.29, 0.717) is 30.0 Å². The van der Waals surface area contributed by atoms with Crippen LogP contribution in [0, 0.1) is 6.92 Å². The molecule has 0 aliphatic heterocycles. The van der Waals surface area contributed by atoms with Gasteiger partial charge in [-0.1, -0.05) is 22.4 Å². The molecule has 0 bridgehead atoms. The molecule has 1 atom stereocenters. The van der Waals surface area contributed by atoms with Crippen molar-refractivity contribution in [2.24, 2.45) is 0 Å². The maximum absolute atomic E-state index is 5.32. The van der Waals surface area contributed by atoms with Crippen molar-refractivity contribution in [2.45, 2.75) is 26.4 Å². The van der Waals surface area contributed by atoms with Gasteiger partial charge in [0.05, 0.1) is 19.7 Å². The smallest absolute Gasteiger partial charge is 0.243 e. The van der Waals surface area contributed by atoms with Crippen LogP contribution in [0.25, 0.3) is 11.4 Å². The Labute approximate surface area is 132 Å². The molecule has 0 spiro atoms. The zero-order chi connectivity index (χ0) is 16.2. The molecule has 0 fully saturated rings. The molecule has 0 amide bonds. The maximum Gasteiger partial charge on any atom is 0.243 e. The van der Waals surface area contributed by atoms with E-state index in [-0.39, 0.29) is 6.04 Å². The fourth-order valence-electron chi connectivity index (χ4n) is 2.04. The van der Waals surface area contributed by atoms with E-state index in [1.165, 1.54) is 0 Å². The van der Waals surface area contributed by atoms with Crippen molar-refractivity contribution in [1.82, 2.24) is 25.6 Å². The van der Waals surface area contributed by atoms with Crippen LogP contribution in [0.2, 0.25) is 0 Å². The Balaban J connectivity index is 1.68. The SMILES string of the molecule is COc1cccc(-c2noc(C(C)NCc3noc(C)n3)n2)c1. The molecule has 3 rings (SSSR count). The highest BCUT2D eigenvalue weighted by Gasteiger charge is 2.16. The molecule has 1 aromatic carbocycles. The summed E-state index contributed by atoms with van der Waals surface area (Å²) in [6.45, 7) is 4.13. The van der Waals surface area contributed by atoms with E-state index in [9.17, 15) is 0 Å². The van der Waals surface area contributed by atoms with Crippen molar-refractivity contribution < 1.29 is 13.8 Å². The van der Waals surface area contributed by atoms with Crippen LogP contribution < -0.4 is 10.1 Å². The van der Waals surface area contributed by atoms with Gasteiger partial charge in [0, 0.05) is 12.5 Å². The van der Waals surface area contributed by atoms with E-state index < -0.39 is 0 Å². The van der Waals surface area contributed by atoms with Crippen LogP contribution >= 0.6 is 0 Å². The molecular formula is C15H17N5O3. The predicted octanol–water partition coefficient (Wildman–Crippen LogP) is 2.29. The number of hydrogen-bond donors (Lipinski definition) is 1. The monoisotopic (exact) mass is 315 g/mol. The number of aromatic nitrogens is 4. The third-order valence-electron chi connectivity index (χ3n) is 3.28. The van der Waals surface area contributed by atoms with E-state index in [0.717, 1.165) is 11.3 Å². The van der Waals surface area contributed by atoms with Crippen LogP contribution in [0.5, 0.6) is 5.75 Å². The number of benzene rings is 1. The second kappa shape index (κ2) is 6.57. The number of rotatable bonds is 6. The standard InChI is InChI=1S/C15H17N5O3/c1-9(16-8-13-17-10(2)22-19-13)15-18-14(20-23-15)11-5-4-6-12(7-11)21-3/h4-7,9,16H,8H2,1-3H3. The maximum atomic E-state index is 5.32. The fraction of sp³-hybridized carbons (Fsp3) is 0.333. The second-order valence-electron chi connectivity index (χ2n) is 5.02. The highest BCUT2D eigenvalue weighted by atomic mass is 16.5. The number of hydrogen-bond acceptors (Lipinski definition) is 8. The molecule has 0 saturated carbocycles. The summed E-state index contributed by atoms with van der Waals surface area (Å²) in [5.41, 5.74) is 0.834. The second-order valence-corrected chi connectivity index (χ2v) is 5.02. The first-order valence-corrected chi connectivity index (χ1v) is 7.16. The van der Waals surface area contributed by atoms with E-state index >= 15 is 0 Å². The minimum Gasteiger partial charge on any atom is -0.497 e. The number of ether oxygens (including phenoxy) is 1. The molecule has 2 heterocycles. The third kappa shape index (κ3) is 3.54. The first kappa shape index (κ1) is 15.2. The van der Waals surface area contributed by atoms with Crippen LogP contribution in [-0.2, 0) is 6.54 Å². The molecule has 1 N–H and O–H groups in total. The van der Waals surface area contributed by atoms with E-state index in [1.807, 2.05) is 31.2 Å². The lowest BCUT2D eigenvalue weighted by Gasteiger charge is -2.06. The lowest BCUT2D eigenvalue weighted by atomic mass is 10.2. The fourth-order valence-corrected chi connectivity index (χ4v) is 2.04. The molecule has 120 valence electrons. The van der Waals surface area contributed by atoms with Crippen LogP contribution in [0.15, 0.2) is 33.3 Å². The topological polar surface area (TPSA) is 99.1 Å². The summed E-state index contributed by atoms with van der Waals surface area (Å²) in [4.78, 5) is 8.54. The van der Waals surface area contributed by atoms with E-state index in [1.54, 1.807) is 14.0 Å². The van der Waals surface area contributed by atoms with Gasteiger partial charge in [-0.2, -0.15) is 9.97 Å². The first-order chi connectivity index (χ1) is 11.2. The third-order valence-corrected chi connectivity index (χ3v) is 3.28. The summed E-state index contributed by atoms with van der Waals surface area (Å²) in [6, 6.07) is 7.36. The van der Waals surface area contributed by atoms with Gasteiger partial charge in [0.15, 0.2) is 5.82 Å². The number of methoxy groups -OCH3 is 1. The molecule has 23 heavy (non-hydrogen) atoms. The van der Waals surface area contributed by atoms with Gasteiger partial charge in [0.1, 0.15) is 5.75 Å². The Morgan fingerprint density at radius 3 is 2.83 bits per heavy atom. The molecule has 1 unspecified atom stereocenters. The zero-order valence-electron chi connectivity index (χ0n) is 13.1. The summed E-state index contributed by atoms with van der Waals surface area (Å²) in [6.07, 6.45) is 0. The summed E-state index contributed by atoms with van der Waals surface area (Å²) in [5, 5.41) is 11.0. The van der Waals surface area contributed by atoms with Crippen LogP contribution in [0.1, 0.15) is 30.6 Å². The number of nitrogens with zero attached hydrogens (tertiary/aromatic N) is 4. The predicted molar refractivity (Wildman–Crippen MR) is 80.6 cm³/mol. The average Bonchev–Trinajstić information content (AvgIpc) is 3.22. The minimum atomic E-state index is -0.138. The normalized spacial score (nSPS) is 12.3. The Bertz CT molecular complexity index is 783. The van der Waals surface area contributed by atoms with Crippen molar-refractivity contribution in [3.63, 3.8) is 0 Å². The summed E-state index contributed by atoms with van der Waals surface area (Å²) in [5.74, 6) is 2.87. The van der Waals surface area contributed by atoms with Crippen molar-refractivity contribution >= 4 is 0 Å². The molecule has 0 aliphatic rings. The Morgan fingerprint density at radius 2 is 2.09 bits per heavy atom. The molecular weight excluding hydrogens is 298 g/mol. The van der Waals surface area contributed by atoms with Crippen LogP contribution in [-0.4, -0.2) is 27.4 Å². The zero-order valence-corrected chi connectivity index (χ0v) is 13.1. The van der Waals surface area contributed by atoms with Gasteiger partial charge in [0.25, 0.3) is 0 Å². The summed E-state index contributed by atoms with van der Waals surface area (Å²) in [7, 11) is 1.62. The molecule has 8 nitrogen and oxygen atoms in total. The number of aryl methyl sites for hydroxylation is 1. The van der Waals surface area contributed by atoms with Gasteiger partial charge in [-0.25, -0.2) is 0 Å². The van der Waals surface area contributed by atoms with Gasteiger partial charge < -0.3 is 13.8 Å². The van der Waals surface area contributed by atoms with E-state index in [2.05, 4.69) is 25.6 Å². The Morgan fingerprint density at radius 1 is 1.22 bits per heavy atom. The van der Waals surface area contributed by atoms with Crippen molar-refractivity contribution in [3.8, 4) is 17.1 Å². The summed E-state index contributed by atoms with van der Waals surface area (Å²) >= 11 is 0. The van der Waals surface area contributed by atoms with Crippen LogP contribution in [0.3, 0.4) is 0 Å². The Hall–Kier alpha value is -2.74. The largest absolute Gasteiger partial charge is 0.497 e. The average molecular weight is 315 g/mol. The molecule has 0 saturated heterocycles. The van der Waals surface area contributed by atoms with Crippen molar-refractivity contribution in [3.05, 3.63) is 41.9 Å². The van der Waals surface area contributed by atoms with Gasteiger partial charge in [-0.05, 0) is 19.1 Å². The van der Waals surface area contributed by atoms with Crippen LogP contribution in [0.4, 0.5) is 0 Å². The first-order valence-electron chi connectivity index (χ1n) is 7.16. The minimum absolute atomic E-state index is 0.138. The highest BCUT2D eigenvalue weighted by molar-refractivity contribution is 5.56. The Kier molecular flexibility index (Phi) is 4.33. The molecule has 8 heteroatoms. The lowest BCUT2D eigenvalue weighted by molar-refractivity contribution is 0.335. The molecule has 0 aliphatic carbocycles. The van der Waals surface area contributed by atoms with Gasteiger partial charge in [-0.15, -0.1) is 0 Å². The number of nitrogens with one attached hydrogen (secondary N) is 1. The molecule has 3 aromatic rings. The summed E-state index contributed by atoms with van der Waals surface area (Å²) < 4.78 is 15.4. The van der Waals surface area contributed by atoms with Gasteiger partial charge >= 0.3 is 0 Å². The lowest BCUT2D eigenvalue weighted by Crippen LogP contribution is -2.19. The highest BCUT2D eigenvalue weighted by Crippen LogP contribution is 2.22. The van der Waals surface area contributed by atoms with Gasteiger partial charge in [0.2, 0.25) is 17.6 Å². The van der Waals surface area contributed by atoms with E-state index in [4.69, 9.17) is 13.8 Å². The van der Waals surface area contributed by atoms with Crippen molar-refractivity contribution in [2.75, 3.05) is 7.11 Å². The molecule has 2 aromatic heterocycles.